The first kappa shape index (κ1) is 13.8. The molecule has 5 heteroatoms. The number of benzene rings is 1. The van der Waals surface area contributed by atoms with E-state index in [0.29, 0.717) is 23.0 Å². The number of halogens is 2. The summed E-state index contributed by atoms with van der Waals surface area (Å²) < 4.78 is 0.858. The van der Waals surface area contributed by atoms with E-state index < -0.39 is 0 Å². The van der Waals surface area contributed by atoms with Crippen LogP contribution in [0.1, 0.15) is 23.2 Å². The number of hydrogen-bond acceptors (Lipinski definition) is 2. The van der Waals surface area contributed by atoms with E-state index in [2.05, 4.69) is 26.6 Å². The van der Waals surface area contributed by atoms with Gasteiger partial charge in [-0.1, -0.05) is 27.5 Å². The second kappa shape index (κ2) is 6.55. The summed E-state index contributed by atoms with van der Waals surface area (Å²) in [5.41, 5.74) is 0.523. The number of carbonyl (C=O) groups excluding carboxylic acids is 1. The Morgan fingerprint density at radius 2 is 2.39 bits per heavy atom. The summed E-state index contributed by atoms with van der Waals surface area (Å²) in [5.74, 6) is 0.417. The summed E-state index contributed by atoms with van der Waals surface area (Å²) >= 11 is 9.36. The van der Waals surface area contributed by atoms with Gasteiger partial charge in [0.15, 0.2) is 0 Å². The molecule has 1 fully saturated rings. The summed E-state index contributed by atoms with van der Waals surface area (Å²) in [5, 5.41) is 6.77. The SMILES string of the molecule is O=C(NCC1CCCNC1)c1cc(Br)ccc1Cl. The molecular weight excluding hydrogens is 316 g/mol. The van der Waals surface area contributed by atoms with Crippen LogP contribution in [0.3, 0.4) is 0 Å². The van der Waals surface area contributed by atoms with Gasteiger partial charge in [0.1, 0.15) is 0 Å². The maximum absolute atomic E-state index is 12.0. The van der Waals surface area contributed by atoms with Crippen LogP contribution < -0.4 is 10.6 Å². The third kappa shape index (κ3) is 3.70. The van der Waals surface area contributed by atoms with Gasteiger partial charge in [-0.3, -0.25) is 4.79 Å². The minimum absolute atomic E-state index is 0.105. The van der Waals surface area contributed by atoms with Gasteiger partial charge in [-0.05, 0) is 50.0 Å². The highest BCUT2D eigenvalue weighted by Gasteiger charge is 2.16. The van der Waals surface area contributed by atoms with Crippen LogP contribution in [0.5, 0.6) is 0 Å². The van der Waals surface area contributed by atoms with Gasteiger partial charge < -0.3 is 10.6 Å². The second-order valence-electron chi connectivity index (χ2n) is 4.55. The average molecular weight is 332 g/mol. The van der Waals surface area contributed by atoms with Crippen molar-refractivity contribution in [1.29, 1.82) is 0 Å². The number of amides is 1. The lowest BCUT2D eigenvalue weighted by molar-refractivity contribution is 0.0945. The molecule has 1 aromatic rings. The first-order valence-electron chi connectivity index (χ1n) is 6.11. The zero-order valence-corrected chi connectivity index (χ0v) is 12.4. The minimum Gasteiger partial charge on any atom is -0.352 e. The molecule has 2 N–H and O–H groups in total. The van der Waals surface area contributed by atoms with E-state index in [1.165, 1.54) is 12.8 Å². The molecular formula is C13H16BrClN2O. The van der Waals surface area contributed by atoms with Gasteiger partial charge in [-0.15, -0.1) is 0 Å². The number of carbonyl (C=O) groups is 1. The highest BCUT2D eigenvalue weighted by Crippen LogP contribution is 2.21. The molecule has 0 saturated carbocycles. The van der Waals surface area contributed by atoms with Crippen molar-refractivity contribution in [2.24, 2.45) is 5.92 Å². The summed E-state index contributed by atoms with van der Waals surface area (Å²) in [7, 11) is 0. The van der Waals surface area contributed by atoms with E-state index in [1.54, 1.807) is 12.1 Å². The Bertz CT molecular complexity index is 433. The predicted octanol–water partition coefficient (Wildman–Crippen LogP) is 2.83. The van der Waals surface area contributed by atoms with Gasteiger partial charge in [-0.2, -0.15) is 0 Å². The Balaban J connectivity index is 1.92. The Kier molecular flexibility index (Phi) is 5.03. The van der Waals surface area contributed by atoms with Gasteiger partial charge in [0.05, 0.1) is 10.6 Å². The first-order valence-corrected chi connectivity index (χ1v) is 7.28. The van der Waals surface area contributed by atoms with Crippen LogP contribution >= 0.6 is 27.5 Å². The number of piperidine rings is 1. The number of hydrogen-bond donors (Lipinski definition) is 2. The molecule has 0 radical (unpaired) electrons. The van der Waals surface area contributed by atoms with E-state index in [-0.39, 0.29) is 5.91 Å². The monoisotopic (exact) mass is 330 g/mol. The van der Waals surface area contributed by atoms with E-state index in [1.807, 2.05) is 6.07 Å². The molecule has 0 bridgehead atoms. The van der Waals surface area contributed by atoms with Crippen molar-refractivity contribution in [3.63, 3.8) is 0 Å². The van der Waals surface area contributed by atoms with Crippen molar-refractivity contribution in [2.75, 3.05) is 19.6 Å². The van der Waals surface area contributed by atoms with Crippen molar-refractivity contribution in [3.05, 3.63) is 33.3 Å². The number of nitrogens with one attached hydrogen (secondary N) is 2. The normalized spacial score (nSPS) is 19.6. The van der Waals surface area contributed by atoms with Crippen LogP contribution in [0.2, 0.25) is 5.02 Å². The molecule has 1 unspecified atom stereocenters. The van der Waals surface area contributed by atoms with Crippen LogP contribution in [0.25, 0.3) is 0 Å². The Hall–Kier alpha value is -0.580. The van der Waals surface area contributed by atoms with Crippen molar-refractivity contribution in [1.82, 2.24) is 10.6 Å². The summed E-state index contributed by atoms with van der Waals surface area (Å²) in [4.78, 5) is 12.0. The lowest BCUT2D eigenvalue weighted by Gasteiger charge is -2.22. The fourth-order valence-electron chi connectivity index (χ4n) is 2.10. The predicted molar refractivity (Wildman–Crippen MR) is 77.1 cm³/mol. The smallest absolute Gasteiger partial charge is 0.252 e. The molecule has 18 heavy (non-hydrogen) atoms. The molecule has 98 valence electrons. The molecule has 0 aliphatic carbocycles. The van der Waals surface area contributed by atoms with Crippen molar-refractivity contribution in [2.45, 2.75) is 12.8 Å². The van der Waals surface area contributed by atoms with Gasteiger partial charge in [-0.25, -0.2) is 0 Å². The van der Waals surface area contributed by atoms with Crippen molar-refractivity contribution >= 4 is 33.4 Å². The largest absolute Gasteiger partial charge is 0.352 e. The van der Waals surface area contributed by atoms with Gasteiger partial charge in [0.2, 0.25) is 0 Å². The van der Waals surface area contributed by atoms with E-state index in [0.717, 1.165) is 17.6 Å². The van der Waals surface area contributed by atoms with Crippen LogP contribution in [-0.4, -0.2) is 25.5 Å². The maximum atomic E-state index is 12.0. The summed E-state index contributed by atoms with van der Waals surface area (Å²) in [6, 6.07) is 5.30. The second-order valence-corrected chi connectivity index (χ2v) is 5.87. The fourth-order valence-corrected chi connectivity index (χ4v) is 2.67. The third-order valence-electron chi connectivity index (χ3n) is 3.12. The standard InChI is InChI=1S/C13H16BrClN2O/c14-10-3-4-12(15)11(6-10)13(18)17-8-9-2-1-5-16-7-9/h3-4,6,9,16H,1-2,5,7-8H2,(H,17,18). The average Bonchev–Trinajstić information content (AvgIpc) is 2.40. The summed E-state index contributed by atoms with van der Waals surface area (Å²) in [6.45, 7) is 2.77. The topological polar surface area (TPSA) is 41.1 Å². The number of rotatable bonds is 3. The molecule has 1 atom stereocenters. The first-order chi connectivity index (χ1) is 8.66. The molecule has 1 aromatic carbocycles. The third-order valence-corrected chi connectivity index (χ3v) is 3.95. The highest BCUT2D eigenvalue weighted by atomic mass is 79.9. The minimum atomic E-state index is -0.105. The molecule has 1 amide bonds. The Morgan fingerprint density at radius 1 is 1.56 bits per heavy atom. The van der Waals surface area contributed by atoms with Gasteiger partial charge >= 0.3 is 0 Å². The molecule has 1 aliphatic rings. The van der Waals surface area contributed by atoms with E-state index in [9.17, 15) is 4.79 Å². The molecule has 1 aliphatic heterocycles. The molecule has 0 aromatic heterocycles. The van der Waals surface area contributed by atoms with Crippen LogP contribution in [0.4, 0.5) is 0 Å². The fraction of sp³-hybridized carbons (Fsp3) is 0.462. The lowest BCUT2D eigenvalue weighted by Crippen LogP contribution is -2.38. The molecule has 1 saturated heterocycles. The molecule has 1 heterocycles. The Morgan fingerprint density at radius 3 is 3.11 bits per heavy atom. The van der Waals surface area contributed by atoms with Crippen LogP contribution in [-0.2, 0) is 0 Å². The molecule has 2 rings (SSSR count). The van der Waals surface area contributed by atoms with Crippen LogP contribution in [0, 0.1) is 5.92 Å². The van der Waals surface area contributed by atoms with Gasteiger partial charge in [0.25, 0.3) is 5.91 Å². The van der Waals surface area contributed by atoms with E-state index >= 15 is 0 Å². The zero-order chi connectivity index (χ0) is 13.0. The van der Waals surface area contributed by atoms with Crippen LogP contribution in [0.15, 0.2) is 22.7 Å². The Labute approximate surface area is 120 Å². The lowest BCUT2D eigenvalue weighted by atomic mass is 10.00. The van der Waals surface area contributed by atoms with Gasteiger partial charge in [0, 0.05) is 11.0 Å². The zero-order valence-electron chi connectivity index (χ0n) is 10.0. The van der Waals surface area contributed by atoms with E-state index in [4.69, 9.17) is 11.6 Å². The van der Waals surface area contributed by atoms with Crippen molar-refractivity contribution < 1.29 is 4.79 Å². The quantitative estimate of drug-likeness (QED) is 0.894. The summed E-state index contributed by atoms with van der Waals surface area (Å²) in [6.07, 6.45) is 2.34. The molecule has 0 spiro atoms. The van der Waals surface area contributed by atoms with Crippen molar-refractivity contribution in [3.8, 4) is 0 Å². The molecule has 3 nitrogen and oxygen atoms in total. The highest BCUT2D eigenvalue weighted by molar-refractivity contribution is 9.10. The maximum Gasteiger partial charge on any atom is 0.252 e.